The maximum absolute atomic E-state index is 8.59. The Morgan fingerprint density at radius 2 is 0.944 bits per heavy atom. The normalized spacial score (nSPS) is 10.3. The van der Waals surface area contributed by atoms with Crippen LogP contribution in [0.5, 0.6) is 0 Å². The number of unbranched alkanes of at least 4 members (excludes halogenated alkanes) is 10. The third-order valence-electron chi connectivity index (χ3n) is 2.76. The highest BCUT2D eigenvalue weighted by molar-refractivity contribution is 4.47. The molecule has 0 atom stereocenters. The number of aliphatic hydroxyl groups is 2. The van der Waals surface area contributed by atoms with Crippen molar-refractivity contribution in [1.82, 2.24) is 0 Å². The van der Waals surface area contributed by atoms with E-state index in [1.807, 2.05) is 0 Å². The highest BCUT2D eigenvalue weighted by Gasteiger charge is 1.91. The van der Waals surface area contributed by atoms with E-state index >= 15 is 0 Å². The summed E-state index contributed by atoms with van der Waals surface area (Å²) >= 11 is 0. The maximum Gasteiger partial charge on any atom is 0.0483 e. The molecular weight excluding hydrogens is 224 g/mol. The predicted molar refractivity (Wildman–Crippen MR) is 80.9 cm³/mol. The van der Waals surface area contributed by atoms with Crippen molar-refractivity contribution in [1.29, 1.82) is 0 Å². The van der Waals surface area contributed by atoms with E-state index in [1.165, 1.54) is 64.2 Å². The van der Waals surface area contributed by atoms with Gasteiger partial charge in [-0.15, -0.1) is 0 Å². The molecule has 0 unspecified atom stereocenters. The lowest BCUT2D eigenvalue weighted by Crippen LogP contribution is -1.85. The van der Waals surface area contributed by atoms with Gasteiger partial charge in [0.1, 0.15) is 0 Å². The van der Waals surface area contributed by atoms with Crippen molar-refractivity contribution in [3.05, 3.63) is 0 Å². The van der Waals surface area contributed by atoms with Crippen molar-refractivity contribution in [2.75, 3.05) is 6.61 Å². The Balaban J connectivity index is 0. The summed E-state index contributed by atoms with van der Waals surface area (Å²) in [5, 5.41) is 16.6. The molecule has 2 N–H and O–H groups in total. The number of rotatable bonds is 11. The zero-order valence-electron chi connectivity index (χ0n) is 13.0. The molecular formula is C16H36O2. The van der Waals surface area contributed by atoms with Gasteiger partial charge in [-0.25, -0.2) is 0 Å². The van der Waals surface area contributed by atoms with Crippen LogP contribution in [0.15, 0.2) is 0 Å². The van der Waals surface area contributed by atoms with Crippen LogP contribution in [0.3, 0.4) is 0 Å². The van der Waals surface area contributed by atoms with E-state index in [2.05, 4.69) is 6.92 Å². The second kappa shape index (κ2) is 19.3. The summed E-state index contributed by atoms with van der Waals surface area (Å²) in [7, 11) is 0. The van der Waals surface area contributed by atoms with Crippen molar-refractivity contribution < 1.29 is 10.2 Å². The fraction of sp³-hybridized carbons (Fsp3) is 1.00. The molecule has 0 aliphatic rings. The standard InChI is InChI=1S/C13H28O.C3H8O/c1-2-3-4-5-6-7-8-9-10-11-12-13-14;1-3(2)4/h14H,2-13H2,1H3;3-4H,1-2H3. The Morgan fingerprint density at radius 3 is 1.22 bits per heavy atom. The van der Waals surface area contributed by atoms with Crippen LogP contribution in [-0.2, 0) is 0 Å². The average molecular weight is 260 g/mol. The predicted octanol–water partition coefficient (Wildman–Crippen LogP) is 4.68. The van der Waals surface area contributed by atoms with Gasteiger partial charge in [0.15, 0.2) is 0 Å². The molecule has 0 aromatic rings. The molecule has 0 aromatic heterocycles. The van der Waals surface area contributed by atoms with E-state index in [0.29, 0.717) is 6.61 Å². The van der Waals surface area contributed by atoms with Gasteiger partial charge in [-0.1, -0.05) is 71.1 Å². The summed E-state index contributed by atoms with van der Waals surface area (Å²) in [4.78, 5) is 0. The minimum atomic E-state index is -0.167. The van der Waals surface area contributed by atoms with Crippen LogP contribution in [0.4, 0.5) is 0 Å². The van der Waals surface area contributed by atoms with Gasteiger partial charge < -0.3 is 10.2 Å². The minimum Gasteiger partial charge on any atom is -0.396 e. The average Bonchev–Trinajstić information content (AvgIpc) is 2.31. The molecule has 0 aliphatic heterocycles. The molecule has 2 nitrogen and oxygen atoms in total. The van der Waals surface area contributed by atoms with Gasteiger partial charge in [0.2, 0.25) is 0 Å². The molecule has 112 valence electrons. The summed E-state index contributed by atoms with van der Waals surface area (Å²) in [6, 6.07) is 0. The number of hydrogen-bond donors (Lipinski definition) is 2. The first kappa shape index (κ1) is 20.2. The van der Waals surface area contributed by atoms with Gasteiger partial charge >= 0.3 is 0 Å². The second-order valence-electron chi connectivity index (χ2n) is 5.35. The van der Waals surface area contributed by atoms with Crippen molar-refractivity contribution in [3.63, 3.8) is 0 Å². The first-order valence-corrected chi connectivity index (χ1v) is 7.94. The molecule has 0 heterocycles. The maximum atomic E-state index is 8.59. The highest BCUT2D eigenvalue weighted by Crippen LogP contribution is 2.10. The zero-order valence-corrected chi connectivity index (χ0v) is 13.0. The van der Waals surface area contributed by atoms with Gasteiger partial charge in [0.25, 0.3) is 0 Å². The molecule has 0 bridgehead atoms. The van der Waals surface area contributed by atoms with Gasteiger partial charge in [-0.05, 0) is 20.3 Å². The smallest absolute Gasteiger partial charge is 0.0483 e. The third-order valence-corrected chi connectivity index (χ3v) is 2.76. The molecule has 0 aliphatic carbocycles. The zero-order chi connectivity index (χ0) is 14.1. The first-order chi connectivity index (χ1) is 8.65. The minimum absolute atomic E-state index is 0.167. The molecule has 18 heavy (non-hydrogen) atoms. The van der Waals surface area contributed by atoms with Gasteiger partial charge in [-0.3, -0.25) is 0 Å². The van der Waals surface area contributed by atoms with Crippen LogP contribution in [-0.4, -0.2) is 22.9 Å². The second-order valence-corrected chi connectivity index (χ2v) is 5.35. The van der Waals surface area contributed by atoms with Crippen LogP contribution in [0.2, 0.25) is 0 Å². The van der Waals surface area contributed by atoms with E-state index in [1.54, 1.807) is 13.8 Å². The summed E-state index contributed by atoms with van der Waals surface area (Å²) in [6.45, 7) is 6.08. The molecule has 0 rings (SSSR count). The molecule has 2 heteroatoms. The Labute approximate surface area is 115 Å². The van der Waals surface area contributed by atoms with E-state index in [4.69, 9.17) is 10.2 Å². The fourth-order valence-electron chi connectivity index (χ4n) is 1.78. The summed E-state index contributed by atoms with van der Waals surface area (Å²) in [5.41, 5.74) is 0. The largest absolute Gasteiger partial charge is 0.396 e. The molecule has 0 aromatic carbocycles. The van der Waals surface area contributed by atoms with Crippen LogP contribution in [0, 0.1) is 0 Å². The van der Waals surface area contributed by atoms with Crippen LogP contribution in [0.25, 0.3) is 0 Å². The van der Waals surface area contributed by atoms with Gasteiger partial charge in [-0.2, -0.15) is 0 Å². The Morgan fingerprint density at radius 1 is 0.667 bits per heavy atom. The van der Waals surface area contributed by atoms with E-state index < -0.39 is 0 Å². The monoisotopic (exact) mass is 260 g/mol. The van der Waals surface area contributed by atoms with Crippen LogP contribution < -0.4 is 0 Å². The molecule has 0 radical (unpaired) electrons. The summed E-state index contributed by atoms with van der Waals surface area (Å²) in [6.07, 6.45) is 14.6. The molecule has 0 spiro atoms. The number of aliphatic hydroxyl groups excluding tert-OH is 2. The van der Waals surface area contributed by atoms with Crippen molar-refractivity contribution in [3.8, 4) is 0 Å². The topological polar surface area (TPSA) is 40.5 Å². The molecule has 0 saturated carbocycles. The van der Waals surface area contributed by atoms with E-state index in [9.17, 15) is 0 Å². The van der Waals surface area contributed by atoms with Crippen molar-refractivity contribution in [2.45, 2.75) is 97.5 Å². The Kier molecular flexibility index (Phi) is 21.7. The Bertz CT molecular complexity index is 110. The SMILES string of the molecule is CC(C)O.CCCCCCCCCCCCCO. The fourth-order valence-corrected chi connectivity index (χ4v) is 1.78. The summed E-state index contributed by atoms with van der Waals surface area (Å²) < 4.78 is 0. The highest BCUT2D eigenvalue weighted by atomic mass is 16.3. The molecule has 0 fully saturated rings. The van der Waals surface area contributed by atoms with Crippen molar-refractivity contribution >= 4 is 0 Å². The van der Waals surface area contributed by atoms with Crippen LogP contribution in [0.1, 0.15) is 91.4 Å². The third kappa shape index (κ3) is 29.7. The molecule has 0 saturated heterocycles. The lowest BCUT2D eigenvalue weighted by Gasteiger charge is -2.01. The quantitative estimate of drug-likeness (QED) is 0.530. The first-order valence-electron chi connectivity index (χ1n) is 7.94. The van der Waals surface area contributed by atoms with Crippen molar-refractivity contribution in [2.24, 2.45) is 0 Å². The van der Waals surface area contributed by atoms with Gasteiger partial charge in [0.05, 0.1) is 0 Å². The molecule has 0 amide bonds. The number of hydrogen-bond acceptors (Lipinski definition) is 2. The van der Waals surface area contributed by atoms with Gasteiger partial charge in [0, 0.05) is 12.7 Å². The lowest BCUT2D eigenvalue weighted by molar-refractivity contribution is 0.216. The van der Waals surface area contributed by atoms with E-state index in [0.717, 1.165) is 6.42 Å². The Hall–Kier alpha value is -0.0800. The van der Waals surface area contributed by atoms with Crippen LogP contribution >= 0.6 is 0 Å². The summed E-state index contributed by atoms with van der Waals surface area (Å²) in [5.74, 6) is 0. The van der Waals surface area contributed by atoms with E-state index in [-0.39, 0.29) is 6.10 Å². The lowest BCUT2D eigenvalue weighted by atomic mass is 10.1.